The number of rotatable bonds is 3. The van der Waals surface area contributed by atoms with Crippen molar-refractivity contribution in [2.75, 3.05) is 16.8 Å². The smallest absolute Gasteiger partial charge is 0.247 e. The molecule has 2 N–H and O–H groups in total. The van der Waals surface area contributed by atoms with Gasteiger partial charge in [0.05, 0.1) is 5.52 Å². The van der Waals surface area contributed by atoms with Gasteiger partial charge in [-0.05, 0) is 55.7 Å². The van der Waals surface area contributed by atoms with Crippen LogP contribution < -0.4 is 10.2 Å². The van der Waals surface area contributed by atoms with Crippen LogP contribution in [0.4, 0.5) is 11.5 Å². The van der Waals surface area contributed by atoms with Crippen molar-refractivity contribution in [2.45, 2.75) is 25.8 Å². The Bertz CT molecular complexity index is 968. The number of fused-ring (bicyclic) bond motifs is 1. The molecule has 6 nitrogen and oxygen atoms in total. The van der Waals surface area contributed by atoms with Gasteiger partial charge in [-0.1, -0.05) is 12.1 Å². The SMILES string of the molecule is Cc1cc(O)ccc1NC(=O)C1CCCN1c1ncnc2ccccc12. The van der Waals surface area contributed by atoms with Gasteiger partial charge in [0, 0.05) is 17.6 Å². The Morgan fingerprint density at radius 1 is 1.23 bits per heavy atom. The Morgan fingerprint density at radius 3 is 2.92 bits per heavy atom. The maximum Gasteiger partial charge on any atom is 0.247 e. The van der Waals surface area contributed by atoms with Gasteiger partial charge in [-0.3, -0.25) is 4.79 Å². The number of amides is 1. The van der Waals surface area contributed by atoms with Crippen LogP contribution in [-0.2, 0) is 4.79 Å². The first kappa shape index (κ1) is 16.3. The number of benzene rings is 2. The molecule has 1 atom stereocenters. The van der Waals surface area contributed by atoms with Crippen LogP contribution in [0.2, 0.25) is 0 Å². The standard InChI is InChI=1S/C20H20N4O2/c1-13-11-14(25)8-9-16(13)23-20(26)18-7-4-10-24(18)19-15-5-2-3-6-17(15)21-12-22-19/h2-3,5-6,8-9,11-12,18,25H,4,7,10H2,1H3,(H,23,26). The Balaban J connectivity index is 1.62. The van der Waals surface area contributed by atoms with Gasteiger partial charge in [0.2, 0.25) is 5.91 Å². The molecule has 4 rings (SSSR count). The second kappa shape index (κ2) is 6.63. The van der Waals surface area contributed by atoms with E-state index >= 15 is 0 Å². The largest absolute Gasteiger partial charge is 0.508 e. The van der Waals surface area contributed by atoms with E-state index in [9.17, 15) is 9.90 Å². The molecule has 6 heteroatoms. The average Bonchev–Trinajstić information content (AvgIpc) is 3.13. The molecule has 1 unspecified atom stereocenters. The van der Waals surface area contributed by atoms with E-state index in [1.807, 2.05) is 31.2 Å². The molecule has 2 aromatic carbocycles. The van der Waals surface area contributed by atoms with E-state index in [1.165, 1.54) is 0 Å². The van der Waals surface area contributed by atoms with Gasteiger partial charge < -0.3 is 15.3 Å². The highest BCUT2D eigenvalue weighted by Crippen LogP contribution is 2.30. The Hall–Kier alpha value is -3.15. The molecule has 0 saturated carbocycles. The van der Waals surface area contributed by atoms with Crippen molar-refractivity contribution in [1.29, 1.82) is 0 Å². The summed E-state index contributed by atoms with van der Waals surface area (Å²) in [6.07, 6.45) is 3.27. The van der Waals surface area contributed by atoms with E-state index in [-0.39, 0.29) is 17.7 Å². The van der Waals surface area contributed by atoms with E-state index in [0.717, 1.165) is 41.7 Å². The third-order valence-corrected chi connectivity index (χ3v) is 4.82. The predicted molar refractivity (Wildman–Crippen MR) is 101 cm³/mol. The zero-order chi connectivity index (χ0) is 18.1. The van der Waals surface area contributed by atoms with Gasteiger partial charge in [-0.15, -0.1) is 0 Å². The van der Waals surface area contributed by atoms with Gasteiger partial charge in [-0.25, -0.2) is 9.97 Å². The fraction of sp³-hybridized carbons (Fsp3) is 0.250. The summed E-state index contributed by atoms with van der Waals surface area (Å²) in [4.78, 5) is 23.7. The molecule has 132 valence electrons. The maximum atomic E-state index is 12.9. The number of carbonyl (C=O) groups excluding carboxylic acids is 1. The lowest BCUT2D eigenvalue weighted by atomic mass is 10.1. The number of carbonyl (C=O) groups is 1. The van der Waals surface area contributed by atoms with Crippen LogP contribution in [-0.4, -0.2) is 33.6 Å². The van der Waals surface area contributed by atoms with Gasteiger partial charge >= 0.3 is 0 Å². The number of phenolic OH excluding ortho intramolecular Hbond substituents is 1. The van der Waals surface area contributed by atoms with Crippen molar-refractivity contribution < 1.29 is 9.90 Å². The molecular weight excluding hydrogens is 328 g/mol. The summed E-state index contributed by atoms with van der Waals surface area (Å²) in [6.45, 7) is 2.65. The molecule has 1 aliphatic rings. The number of hydrogen-bond acceptors (Lipinski definition) is 5. The molecule has 1 amide bonds. The average molecular weight is 348 g/mol. The molecule has 3 aromatic rings. The highest BCUT2D eigenvalue weighted by atomic mass is 16.3. The van der Waals surface area contributed by atoms with E-state index in [1.54, 1.807) is 24.5 Å². The molecule has 1 saturated heterocycles. The first-order valence-corrected chi connectivity index (χ1v) is 8.70. The highest BCUT2D eigenvalue weighted by Gasteiger charge is 2.32. The second-order valence-electron chi connectivity index (χ2n) is 6.55. The number of hydrogen-bond donors (Lipinski definition) is 2. The van der Waals surface area contributed by atoms with Crippen molar-refractivity contribution >= 4 is 28.3 Å². The predicted octanol–water partition coefficient (Wildman–Crippen LogP) is 3.25. The molecule has 1 fully saturated rings. The van der Waals surface area contributed by atoms with Crippen LogP contribution >= 0.6 is 0 Å². The van der Waals surface area contributed by atoms with E-state index < -0.39 is 0 Å². The topological polar surface area (TPSA) is 78.4 Å². The first-order valence-electron chi connectivity index (χ1n) is 8.70. The number of aryl methyl sites for hydroxylation is 1. The lowest BCUT2D eigenvalue weighted by Crippen LogP contribution is -2.40. The van der Waals surface area contributed by atoms with Crippen LogP contribution in [0.3, 0.4) is 0 Å². The maximum absolute atomic E-state index is 12.9. The Kier molecular flexibility index (Phi) is 4.16. The number of aromatic hydroxyl groups is 1. The number of anilines is 2. The minimum atomic E-state index is -0.276. The number of nitrogens with zero attached hydrogens (tertiary/aromatic N) is 3. The quantitative estimate of drug-likeness (QED) is 0.711. The first-order chi connectivity index (χ1) is 12.6. The molecule has 0 aliphatic carbocycles. The monoisotopic (exact) mass is 348 g/mol. The molecule has 0 bridgehead atoms. The van der Waals surface area contributed by atoms with Crippen LogP contribution in [0, 0.1) is 6.92 Å². The number of para-hydroxylation sites is 1. The Labute approximate surface area is 151 Å². The van der Waals surface area contributed by atoms with Crippen LogP contribution in [0.25, 0.3) is 10.9 Å². The molecule has 1 aromatic heterocycles. The minimum absolute atomic E-state index is 0.0565. The summed E-state index contributed by atoms with van der Waals surface area (Å²) < 4.78 is 0. The van der Waals surface area contributed by atoms with Gasteiger partial charge in [0.15, 0.2) is 0 Å². The van der Waals surface area contributed by atoms with Crippen LogP contribution in [0.15, 0.2) is 48.8 Å². The zero-order valence-electron chi connectivity index (χ0n) is 14.5. The fourth-order valence-corrected chi connectivity index (χ4v) is 3.52. The second-order valence-corrected chi connectivity index (χ2v) is 6.55. The summed E-state index contributed by atoms with van der Waals surface area (Å²) >= 11 is 0. The van der Waals surface area contributed by atoms with Gasteiger partial charge in [0.1, 0.15) is 23.9 Å². The lowest BCUT2D eigenvalue weighted by molar-refractivity contribution is -0.117. The molecule has 0 radical (unpaired) electrons. The summed E-state index contributed by atoms with van der Waals surface area (Å²) in [6, 6.07) is 12.5. The number of aromatic nitrogens is 2. The summed E-state index contributed by atoms with van der Waals surface area (Å²) in [7, 11) is 0. The molecule has 2 heterocycles. The zero-order valence-corrected chi connectivity index (χ0v) is 14.5. The molecule has 26 heavy (non-hydrogen) atoms. The lowest BCUT2D eigenvalue weighted by Gasteiger charge is -2.26. The fourth-order valence-electron chi connectivity index (χ4n) is 3.52. The number of nitrogens with one attached hydrogen (secondary N) is 1. The van der Waals surface area contributed by atoms with E-state index in [4.69, 9.17) is 0 Å². The van der Waals surface area contributed by atoms with E-state index in [0.29, 0.717) is 5.69 Å². The van der Waals surface area contributed by atoms with Crippen molar-refractivity contribution in [3.63, 3.8) is 0 Å². The third kappa shape index (κ3) is 2.94. The van der Waals surface area contributed by atoms with Crippen LogP contribution in [0.1, 0.15) is 18.4 Å². The summed E-state index contributed by atoms with van der Waals surface area (Å²) in [5.41, 5.74) is 2.42. The summed E-state index contributed by atoms with van der Waals surface area (Å²) in [5.74, 6) is 0.935. The van der Waals surface area contributed by atoms with Crippen molar-refractivity contribution in [3.05, 3.63) is 54.4 Å². The van der Waals surface area contributed by atoms with Crippen LogP contribution in [0.5, 0.6) is 5.75 Å². The molecule has 1 aliphatic heterocycles. The van der Waals surface area contributed by atoms with Crippen molar-refractivity contribution in [1.82, 2.24) is 9.97 Å². The minimum Gasteiger partial charge on any atom is -0.508 e. The molecular formula is C20H20N4O2. The Morgan fingerprint density at radius 2 is 2.08 bits per heavy atom. The van der Waals surface area contributed by atoms with Crippen molar-refractivity contribution in [2.24, 2.45) is 0 Å². The number of phenols is 1. The summed E-state index contributed by atoms with van der Waals surface area (Å²) in [5, 5.41) is 13.5. The highest BCUT2D eigenvalue weighted by molar-refractivity contribution is 5.99. The van der Waals surface area contributed by atoms with Gasteiger partial charge in [-0.2, -0.15) is 0 Å². The molecule has 0 spiro atoms. The van der Waals surface area contributed by atoms with Gasteiger partial charge in [0.25, 0.3) is 0 Å². The van der Waals surface area contributed by atoms with E-state index in [2.05, 4.69) is 20.2 Å². The normalized spacial score (nSPS) is 16.8. The van der Waals surface area contributed by atoms with Crippen molar-refractivity contribution in [3.8, 4) is 5.75 Å². The third-order valence-electron chi connectivity index (χ3n) is 4.82.